The van der Waals surface area contributed by atoms with Crippen molar-refractivity contribution in [1.29, 1.82) is 0 Å². The molecule has 10 rings (SSSR count). The molecule has 2 fully saturated rings. The largest absolute Gasteiger partial charge is 0.394 e. The summed E-state index contributed by atoms with van der Waals surface area (Å²) in [5.74, 6) is 0.501. The van der Waals surface area contributed by atoms with Crippen molar-refractivity contribution < 1.29 is 28.7 Å². The van der Waals surface area contributed by atoms with E-state index in [-0.39, 0.29) is 23.8 Å². The van der Waals surface area contributed by atoms with Gasteiger partial charge in [-0.05, 0) is 70.3 Å². The van der Waals surface area contributed by atoms with Gasteiger partial charge in [0.05, 0.1) is 33.5 Å². The summed E-state index contributed by atoms with van der Waals surface area (Å²) in [6.45, 7) is 12.8. The zero-order valence-corrected chi connectivity index (χ0v) is 37.9. The van der Waals surface area contributed by atoms with Crippen LogP contribution in [0.2, 0.25) is 0 Å². The molecule has 2 atom stereocenters. The molecule has 0 radical (unpaired) electrons. The molecule has 18 heteroatoms. The van der Waals surface area contributed by atoms with E-state index < -0.39 is 11.9 Å². The fourth-order valence-electron chi connectivity index (χ4n) is 8.86. The molecule has 344 valence electrons. The van der Waals surface area contributed by atoms with E-state index in [1.54, 1.807) is 6.92 Å². The van der Waals surface area contributed by atoms with Crippen molar-refractivity contribution in [1.82, 2.24) is 50.8 Å². The summed E-state index contributed by atoms with van der Waals surface area (Å²) in [6, 6.07) is 16.3. The van der Waals surface area contributed by atoms with Gasteiger partial charge in [-0.3, -0.25) is 24.0 Å². The van der Waals surface area contributed by atoms with Crippen LogP contribution in [0.4, 0.5) is 11.6 Å². The van der Waals surface area contributed by atoms with Crippen LogP contribution < -0.4 is 26.6 Å². The van der Waals surface area contributed by atoms with Crippen LogP contribution in [0.1, 0.15) is 89.9 Å². The van der Waals surface area contributed by atoms with Gasteiger partial charge < -0.3 is 46.2 Å². The highest BCUT2D eigenvalue weighted by Crippen LogP contribution is 2.32. The van der Waals surface area contributed by atoms with E-state index in [9.17, 15) is 24.0 Å². The molecule has 0 unspecified atom stereocenters. The third-order valence-corrected chi connectivity index (χ3v) is 12.1. The second kappa shape index (κ2) is 19.9. The third kappa shape index (κ3) is 10.3. The summed E-state index contributed by atoms with van der Waals surface area (Å²) >= 11 is 0. The number of likely N-dealkylation sites (tertiary alicyclic amines) is 1. The molecule has 6 aromatic rings. The highest BCUT2D eigenvalue weighted by Gasteiger charge is 2.25. The Kier molecular flexibility index (Phi) is 13.7. The number of aryl methyl sites for hydroxylation is 2. The van der Waals surface area contributed by atoms with E-state index in [0.717, 1.165) is 136 Å². The van der Waals surface area contributed by atoms with Gasteiger partial charge in [-0.25, -0.2) is 19.9 Å². The lowest BCUT2D eigenvalue weighted by molar-refractivity contribution is -0.156. The van der Waals surface area contributed by atoms with Gasteiger partial charge in [0.2, 0.25) is 5.91 Å². The summed E-state index contributed by atoms with van der Waals surface area (Å²) in [5.41, 5.74) is 12.1. The normalized spacial score (nSPS) is 17.7. The average molecular weight is 897 g/mol. The van der Waals surface area contributed by atoms with Gasteiger partial charge in [-0.2, -0.15) is 0 Å². The quantitative estimate of drug-likeness (QED) is 0.0850. The van der Waals surface area contributed by atoms with E-state index >= 15 is 0 Å². The molecule has 8 heterocycles. The zero-order chi connectivity index (χ0) is 46.5. The lowest BCUT2D eigenvalue weighted by atomic mass is 10.1. The number of nitrogens with one attached hydrogen (secondary N) is 7. The first-order valence-electron chi connectivity index (χ1n) is 22.5. The van der Waals surface area contributed by atoms with E-state index in [4.69, 9.17) is 19.9 Å². The van der Waals surface area contributed by atoms with Crippen molar-refractivity contribution in [3.8, 4) is 22.5 Å². The maximum Gasteiger partial charge on any atom is 0.310 e. The lowest BCUT2D eigenvalue weighted by Gasteiger charge is -2.33. The second-order valence-corrected chi connectivity index (χ2v) is 17.0. The Morgan fingerprint density at radius 2 is 1.18 bits per heavy atom. The van der Waals surface area contributed by atoms with Gasteiger partial charge in [0.15, 0.2) is 0 Å². The van der Waals surface area contributed by atoms with Crippen LogP contribution >= 0.6 is 0 Å². The maximum atomic E-state index is 12.2. The molecule has 4 aromatic heterocycles. The molecule has 3 amide bonds. The first-order valence-corrected chi connectivity index (χ1v) is 22.5. The first-order chi connectivity index (χ1) is 31.8. The zero-order valence-electron chi connectivity index (χ0n) is 37.9. The van der Waals surface area contributed by atoms with Crippen molar-refractivity contribution in [2.75, 3.05) is 49.9 Å². The predicted molar refractivity (Wildman–Crippen MR) is 251 cm³/mol. The van der Waals surface area contributed by atoms with Crippen LogP contribution in [0.25, 0.3) is 44.6 Å². The van der Waals surface area contributed by atoms with E-state index in [1.807, 2.05) is 67.3 Å². The SMILES string of the molecule is CC(=O)N1CCC[C@H](Nc2nc3c(-c4cc5c([nH]4)CCNC5=O)cccc3nc2C)C1.CC(=O)OC(C)=O.Cc1nc2cccc(-c3cc4c([nH]3)CCNC4=O)c2nc1N[C@H]1CCCNC1. The molecule has 0 spiro atoms. The number of anilines is 2. The van der Waals surface area contributed by atoms with E-state index in [0.29, 0.717) is 31.2 Å². The Labute approximate surface area is 381 Å². The average Bonchev–Trinajstić information content (AvgIpc) is 3.94. The number of carbonyl (C=O) groups excluding carboxylic acids is 5. The maximum absolute atomic E-state index is 12.2. The number of carbonyl (C=O) groups is 5. The Morgan fingerprint density at radius 1 is 0.667 bits per heavy atom. The molecule has 2 saturated heterocycles. The minimum absolute atomic E-state index is 0.0157. The van der Waals surface area contributed by atoms with Crippen molar-refractivity contribution in [2.24, 2.45) is 0 Å². The van der Waals surface area contributed by atoms with Crippen molar-refractivity contribution in [3.63, 3.8) is 0 Å². The molecule has 0 bridgehead atoms. The van der Waals surface area contributed by atoms with Crippen LogP contribution in [0, 0.1) is 13.8 Å². The number of amides is 3. The number of para-hydroxylation sites is 2. The van der Waals surface area contributed by atoms with Crippen LogP contribution in [-0.4, -0.2) is 116 Å². The molecule has 4 aliphatic rings. The first kappa shape index (κ1) is 45.4. The van der Waals surface area contributed by atoms with Gasteiger partial charge in [-0.1, -0.05) is 24.3 Å². The number of esters is 2. The Bertz CT molecular complexity index is 2820. The lowest BCUT2D eigenvalue weighted by Crippen LogP contribution is -2.44. The number of hydrogen-bond acceptors (Lipinski definition) is 13. The molecular weight excluding hydrogens is 841 g/mol. The van der Waals surface area contributed by atoms with Gasteiger partial charge in [0.1, 0.15) is 22.7 Å². The van der Waals surface area contributed by atoms with Crippen molar-refractivity contribution >= 4 is 63.4 Å². The molecule has 0 aliphatic carbocycles. The standard InChI is InChI=1S/C23H26N6O2.C21H24N6O.C4H6O3/c1-13-22(26-15-5-4-10-29(12-15)14(2)30)28-21-16(6-3-7-19(21)25-13)20-11-17-18(27-20)8-9-24-23(17)31;1-12-20(25-13-4-3-8-22-11-13)27-19-14(5-2-6-17(19)24-12)18-10-15-16(26-18)7-9-23-21(15)28;1-3(5)7-4(2)6/h3,6-7,11,15,27H,4-5,8-10,12H2,1-2H3,(H,24,31)(H,26,28);2,5-6,10,13,22,26H,3-4,7-9,11H2,1H3,(H,23,28)(H,25,27);1-2H3/t15-;13-;/m00./s1. The van der Waals surface area contributed by atoms with Gasteiger partial charge in [-0.15, -0.1) is 0 Å². The highest BCUT2D eigenvalue weighted by atomic mass is 16.6. The number of piperidine rings is 2. The molecule has 7 N–H and O–H groups in total. The summed E-state index contributed by atoms with van der Waals surface area (Å²) in [6.07, 6.45) is 5.86. The topological polar surface area (TPSA) is 241 Å². The second-order valence-electron chi connectivity index (χ2n) is 17.0. The van der Waals surface area contributed by atoms with Crippen LogP contribution in [0.5, 0.6) is 0 Å². The van der Waals surface area contributed by atoms with Crippen molar-refractivity contribution in [3.05, 3.63) is 82.4 Å². The van der Waals surface area contributed by atoms with Gasteiger partial charge >= 0.3 is 11.9 Å². The summed E-state index contributed by atoms with van der Waals surface area (Å²) in [4.78, 5) is 83.9. The molecule has 2 aromatic carbocycles. The minimum atomic E-state index is -0.562. The van der Waals surface area contributed by atoms with Crippen LogP contribution in [0.3, 0.4) is 0 Å². The predicted octanol–water partition coefficient (Wildman–Crippen LogP) is 5.12. The van der Waals surface area contributed by atoms with Gasteiger partial charge in [0, 0.05) is 112 Å². The molecule has 18 nitrogen and oxygen atoms in total. The smallest absolute Gasteiger partial charge is 0.310 e. The molecule has 0 saturated carbocycles. The highest BCUT2D eigenvalue weighted by molar-refractivity contribution is 6.01. The Balaban J connectivity index is 0.000000158. The molecular formula is C48H56N12O6. The number of benzene rings is 2. The number of fused-ring (bicyclic) bond motifs is 4. The number of nitrogens with zero attached hydrogens (tertiary/aromatic N) is 5. The minimum Gasteiger partial charge on any atom is -0.394 e. The van der Waals surface area contributed by atoms with Crippen LogP contribution in [0.15, 0.2) is 48.5 Å². The van der Waals surface area contributed by atoms with E-state index in [1.165, 1.54) is 20.3 Å². The summed E-state index contributed by atoms with van der Waals surface area (Å²) < 4.78 is 3.97. The molecule has 66 heavy (non-hydrogen) atoms. The number of aromatic nitrogens is 6. The Hall–Kier alpha value is -7.21. The summed E-state index contributed by atoms with van der Waals surface area (Å²) in [7, 11) is 0. The fraction of sp³-hybridized carbons (Fsp3) is 0.396. The molecule has 4 aliphatic heterocycles. The fourth-order valence-corrected chi connectivity index (χ4v) is 8.86. The number of rotatable bonds is 6. The summed E-state index contributed by atoms with van der Waals surface area (Å²) in [5, 5.41) is 16.3. The van der Waals surface area contributed by atoms with Crippen LogP contribution in [-0.2, 0) is 32.0 Å². The van der Waals surface area contributed by atoms with E-state index in [2.05, 4.69) is 41.3 Å². The number of hydrogen-bond donors (Lipinski definition) is 7. The Morgan fingerprint density at radius 3 is 1.64 bits per heavy atom. The number of aromatic amines is 2. The number of H-pyrrole nitrogens is 2. The monoisotopic (exact) mass is 896 g/mol. The number of ether oxygens (including phenoxy) is 1. The van der Waals surface area contributed by atoms with Crippen molar-refractivity contribution in [2.45, 2.75) is 85.2 Å². The van der Waals surface area contributed by atoms with Gasteiger partial charge in [0.25, 0.3) is 11.8 Å². The third-order valence-electron chi connectivity index (χ3n) is 12.1.